The lowest BCUT2D eigenvalue weighted by molar-refractivity contribution is -0.144. The maximum absolute atomic E-state index is 14.0. The van der Waals surface area contributed by atoms with Crippen molar-refractivity contribution in [1.29, 1.82) is 0 Å². The van der Waals surface area contributed by atoms with Gasteiger partial charge in [-0.25, -0.2) is 14.2 Å². The van der Waals surface area contributed by atoms with Crippen LogP contribution in [0.25, 0.3) is 10.8 Å². The van der Waals surface area contributed by atoms with E-state index in [0.717, 1.165) is 0 Å². The van der Waals surface area contributed by atoms with Gasteiger partial charge in [-0.2, -0.15) is 13.2 Å². The summed E-state index contributed by atoms with van der Waals surface area (Å²) < 4.78 is 62.7. The van der Waals surface area contributed by atoms with Gasteiger partial charge in [-0.15, -0.1) is 0 Å². The summed E-state index contributed by atoms with van der Waals surface area (Å²) in [6.45, 7) is 1.36. The lowest BCUT2D eigenvalue weighted by Gasteiger charge is -2.15. The highest BCUT2D eigenvalue weighted by Gasteiger charge is 2.32. The molecule has 0 spiro atoms. The highest BCUT2D eigenvalue weighted by atomic mass is 19.4. The van der Waals surface area contributed by atoms with Crippen molar-refractivity contribution < 1.29 is 36.9 Å². The first-order valence-corrected chi connectivity index (χ1v) is 7.98. The third-order valence-corrected chi connectivity index (χ3v) is 3.83. The van der Waals surface area contributed by atoms with Crippen molar-refractivity contribution in [2.45, 2.75) is 19.2 Å². The number of hydrogen-bond donors (Lipinski definition) is 1. The zero-order valence-electron chi connectivity index (χ0n) is 14.3. The molecule has 3 aromatic rings. The normalized spacial score (nSPS) is 12.6. The molecule has 9 heteroatoms. The van der Waals surface area contributed by atoms with E-state index in [0.29, 0.717) is 23.0 Å². The molecule has 0 aliphatic rings. The van der Waals surface area contributed by atoms with Crippen molar-refractivity contribution in [2.75, 3.05) is 0 Å². The van der Waals surface area contributed by atoms with E-state index in [1.165, 1.54) is 13.0 Å². The molecule has 2 aromatic carbocycles. The Hall–Kier alpha value is -3.36. The van der Waals surface area contributed by atoms with Crippen LogP contribution in [0.2, 0.25) is 0 Å². The van der Waals surface area contributed by atoms with Crippen LogP contribution in [0.1, 0.15) is 12.5 Å². The molecule has 0 aliphatic carbocycles. The summed E-state index contributed by atoms with van der Waals surface area (Å²) in [4.78, 5) is 14.4. The Morgan fingerprint density at radius 2 is 1.71 bits per heavy atom. The van der Waals surface area contributed by atoms with Crippen molar-refractivity contribution in [3.8, 4) is 17.4 Å². The third kappa shape index (κ3) is 3.98. The number of nitrogens with zero attached hydrogens (tertiary/aromatic N) is 1. The summed E-state index contributed by atoms with van der Waals surface area (Å²) in [6, 6.07) is 9.73. The first-order chi connectivity index (χ1) is 13.2. The molecule has 5 nitrogen and oxygen atoms in total. The molecule has 0 fully saturated rings. The second-order valence-electron chi connectivity index (χ2n) is 5.82. The van der Waals surface area contributed by atoms with Crippen molar-refractivity contribution >= 4 is 16.7 Å². The molecule has 1 atom stereocenters. The lowest BCUT2D eigenvalue weighted by Crippen LogP contribution is -2.22. The first kappa shape index (κ1) is 19.4. The molecule has 0 aliphatic heterocycles. The summed E-state index contributed by atoms with van der Waals surface area (Å²) >= 11 is 0. The van der Waals surface area contributed by atoms with Crippen molar-refractivity contribution in [1.82, 2.24) is 4.98 Å². The van der Waals surface area contributed by atoms with Gasteiger partial charge in [0.05, 0.1) is 5.56 Å². The minimum atomic E-state index is -4.72. The van der Waals surface area contributed by atoms with Gasteiger partial charge < -0.3 is 14.6 Å². The first-order valence-electron chi connectivity index (χ1n) is 7.98. The predicted molar refractivity (Wildman–Crippen MR) is 90.9 cm³/mol. The Bertz CT molecular complexity index is 1040. The number of fused-ring (bicyclic) bond motifs is 1. The number of ether oxygens (including phenoxy) is 2. The molecule has 0 saturated carbocycles. The molecular weight excluding hydrogens is 382 g/mol. The quantitative estimate of drug-likeness (QED) is 0.613. The Labute approximate surface area is 156 Å². The van der Waals surface area contributed by atoms with Crippen molar-refractivity contribution in [3.05, 3.63) is 60.0 Å². The number of hydrogen-bond acceptors (Lipinski definition) is 4. The molecule has 1 N–H and O–H groups in total. The molecular formula is C19H13F4NO4. The van der Waals surface area contributed by atoms with Crippen LogP contribution in [0.4, 0.5) is 17.6 Å². The van der Waals surface area contributed by atoms with E-state index in [1.54, 1.807) is 30.3 Å². The number of pyridine rings is 1. The monoisotopic (exact) mass is 395 g/mol. The average Bonchev–Trinajstić information content (AvgIpc) is 2.63. The van der Waals surface area contributed by atoms with E-state index in [4.69, 9.17) is 14.6 Å². The van der Waals surface area contributed by atoms with Crippen molar-refractivity contribution in [2.24, 2.45) is 0 Å². The van der Waals surface area contributed by atoms with Crippen LogP contribution in [0, 0.1) is 5.82 Å². The number of rotatable bonds is 5. The average molecular weight is 395 g/mol. The Morgan fingerprint density at radius 3 is 2.29 bits per heavy atom. The number of carboxylic acids is 1. The fourth-order valence-electron chi connectivity index (χ4n) is 2.44. The standard InChI is InChI=1S/C19H13F4NO4/c1-10(18(25)26)27-15-6-2-5-13-12(15)4-3-7-16(13)28-17-14(20)8-11(9-24-17)19(21,22)23/h2-10H,1H3,(H,25,26). The van der Waals surface area contributed by atoms with E-state index in [9.17, 15) is 22.4 Å². The lowest BCUT2D eigenvalue weighted by atomic mass is 10.1. The number of carboxylic acid groups (broad SMARTS) is 1. The van der Waals surface area contributed by atoms with Gasteiger partial charge in [-0.1, -0.05) is 24.3 Å². The number of aliphatic carboxylic acids is 1. The van der Waals surface area contributed by atoms with Crippen LogP contribution < -0.4 is 9.47 Å². The van der Waals surface area contributed by atoms with Gasteiger partial charge in [0.25, 0.3) is 5.88 Å². The van der Waals surface area contributed by atoms with Gasteiger partial charge in [0.1, 0.15) is 11.5 Å². The summed E-state index contributed by atoms with van der Waals surface area (Å²) in [5, 5.41) is 9.93. The highest BCUT2D eigenvalue weighted by Crippen LogP contribution is 2.36. The van der Waals surface area contributed by atoms with Crippen LogP contribution in [0.15, 0.2) is 48.7 Å². The van der Waals surface area contributed by atoms with E-state index in [2.05, 4.69) is 4.98 Å². The Kier molecular flexibility index (Phi) is 5.08. The number of alkyl halides is 3. The fraction of sp³-hybridized carbons (Fsp3) is 0.158. The van der Waals surface area contributed by atoms with Gasteiger partial charge >= 0.3 is 12.1 Å². The molecule has 1 heterocycles. The van der Waals surface area contributed by atoms with Crippen LogP contribution in [-0.2, 0) is 11.0 Å². The third-order valence-electron chi connectivity index (χ3n) is 3.83. The topological polar surface area (TPSA) is 68.7 Å². The SMILES string of the molecule is CC(Oc1cccc2c(Oc3ncc(C(F)(F)F)cc3F)cccc12)C(=O)O. The maximum Gasteiger partial charge on any atom is 0.417 e. The van der Waals surface area contributed by atoms with Crippen LogP contribution >= 0.6 is 0 Å². The summed E-state index contributed by atoms with van der Waals surface area (Å²) in [5.41, 5.74) is -1.23. The minimum Gasteiger partial charge on any atom is -0.479 e. The largest absolute Gasteiger partial charge is 0.479 e. The molecule has 1 aromatic heterocycles. The zero-order valence-corrected chi connectivity index (χ0v) is 14.3. The summed E-state index contributed by atoms with van der Waals surface area (Å²) in [5.74, 6) is -2.65. The molecule has 3 rings (SSSR count). The molecule has 146 valence electrons. The van der Waals surface area contributed by atoms with Crippen LogP contribution in [0.3, 0.4) is 0 Å². The highest BCUT2D eigenvalue weighted by molar-refractivity contribution is 5.93. The van der Waals surface area contributed by atoms with Gasteiger partial charge in [-0.3, -0.25) is 0 Å². The predicted octanol–water partition coefficient (Wildman–Crippen LogP) is 5.04. The molecule has 1 unspecified atom stereocenters. The second-order valence-corrected chi connectivity index (χ2v) is 5.82. The number of carbonyl (C=O) groups is 1. The minimum absolute atomic E-state index is 0.122. The van der Waals surface area contributed by atoms with Gasteiger partial charge in [0, 0.05) is 17.0 Å². The summed E-state index contributed by atoms with van der Waals surface area (Å²) in [7, 11) is 0. The number of benzene rings is 2. The molecule has 0 radical (unpaired) electrons. The van der Waals surface area contributed by atoms with E-state index in [-0.39, 0.29) is 11.5 Å². The van der Waals surface area contributed by atoms with Crippen LogP contribution in [0.5, 0.6) is 17.4 Å². The van der Waals surface area contributed by atoms with E-state index < -0.39 is 35.5 Å². The maximum atomic E-state index is 14.0. The zero-order chi connectivity index (χ0) is 20.5. The molecule has 0 saturated heterocycles. The molecule has 28 heavy (non-hydrogen) atoms. The summed E-state index contributed by atoms with van der Waals surface area (Å²) in [6.07, 6.45) is -5.35. The van der Waals surface area contributed by atoms with Gasteiger partial charge in [0.15, 0.2) is 11.9 Å². The molecule has 0 amide bonds. The Morgan fingerprint density at radius 1 is 1.11 bits per heavy atom. The fourth-order valence-corrected chi connectivity index (χ4v) is 2.44. The van der Waals surface area contributed by atoms with E-state index in [1.807, 2.05) is 0 Å². The van der Waals surface area contributed by atoms with Crippen molar-refractivity contribution in [3.63, 3.8) is 0 Å². The van der Waals surface area contributed by atoms with E-state index >= 15 is 0 Å². The van der Waals surface area contributed by atoms with Crippen LogP contribution in [-0.4, -0.2) is 22.2 Å². The number of halogens is 4. The second kappa shape index (κ2) is 7.34. The van der Waals surface area contributed by atoms with Gasteiger partial charge in [0.2, 0.25) is 0 Å². The Balaban J connectivity index is 1.98. The van der Waals surface area contributed by atoms with Gasteiger partial charge in [-0.05, 0) is 25.1 Å². The number of aromatic nitrogens is 1. The molecule has 0 bridgehead atoms. The smallest absolute Gasteiger partial charge is 0.417 e.